The van der Waals surface area contributed by atoms with Gasteiger partial charge in [-0.3, -0.25) is 4.79 Å². The Hall–Kier alpha value is -2.08. The standard InChI is InChI=1S/C14H19NO5/c1-20-9-8-11(14(18)19)15-13(17)7-6-10-4-2-3-5-12(10)16/h2-5,11,16H,6-9H2,1H3,(H,15,17)(H,18,19). The Kier molecular flexibility index (Phi) is 6.52. The van der Waals surface area contributed by atoms with Crippen LogP contribution >= 0.6 is 0 Å². The van der Waals surface area contributed by atoms with Gasteiger partial charge < -0.3 is 20.3 Å². The largest absolute Gasteiger partial charge is 0.508 e. The summed E-state index contributed by atoms with van der Waals surface area (Å²) in [4.78, 5) is 22.7. The molecule has 0 spiro atoms. The van der Waals surface area contributed by atoms with E-state index in [9.17, 15) is 14.7 Å². The highest BCUT2D eigenvalue weighted by Gasteiger charge is 2.19. The van der Waals surface area contributed by atoms with Crippen molar-refractivity contribution < 1.29 is 24.5 Å². The fourth-order valence-electron chi connectivity index (χ4n) is 1.73. The number of para-hydroxylation sites is 1. The number of carbonyl (C=O) groups excluding carboxylic acids is 1. The second-order valence-electron chi connectivity index (χ2n) is 4.37. The minimum Gasteiger partial charge on any atom is -0.508 e. The zero-order valence-electron chi connectivity index (χ0n) is 11.3. The molecule has 1 atom stereocenters. The molecule has 3 N–H and O–H groups in total. The summed E-state index contributed by atoms with van der Waals surface area (Å²) in [5.74, 6) is -1.32. The molecule has 0 heterocycles. The number of methoxy groups -OCH3 is 1. The lowest BCUT2D eigenvalue weighted by Gasteiger charge is -2.14. The van der Waals surface area contributed by atoms with Crippen LogP contribution in [0.1, 0.15) is 18.4 Å². The minimum absolute atomic E-state index is 0.119. The summed E-state index contributed by atoms with van der Waals surface area (Å²) in [7, 11) is 1.47. The smallest absolute Gasteiger partial charge is 0.326 e. The van der Waals surface area contributed by atoms with E-state index < -0.39 is 12.0 Å². The Morgan fingerprint density at radius 3 is 2.65 bits per heavy atom. The summed E-state index contributed by atoms with van der Waals surface area (Å²) in [6, 6.07) is 5.79. The maximum atomic E-state index is 11.7. The van der Waals surface area contributed by atoms with E-state index in [0.29, 0.717) is 12.0 Å². The lowest BCUT2D eigenvalue weighted by atomic mass is 10.1. The third-order valence-electron chi connectivity index (χ3n) is 2.86. The van der Waals surface area contributed by atoms with E-state index in [-0.39, 0.29) is 31.1 Å². The van der Waals surface area contributed by atoms with Crippen molar-refractivity contribution in [2.24, 2.45) is 0 Å². The van der Waals surface area contributed by atoms with Gasteiger partial charge >= 0.3 is 5.97 Å². The number of carbonyl (C=O) groups is 2. The van der Waals surface area contributed by atoms with Crippen molar-refractivity contribution in [2.75, 3.05) is 13.7 Å². The normalized spacial score (nSPS) is 11.8. The van der Waals surface area contributed by atoms with Crippen molar-refractivity contribution in [1.29, 1.82) is 0 Å². The molecule has 0 aliphatic heterocycles. The van der Waals surface area contributed by atoms with Gasteiger partial charge in [0, 0.05) is 26.6 Å². The first-order chi connectivity index (χ1) is 9.54. The van der Waals surface area contributed by atoms with Crippen LogP contribution in [0.2, 0.25) is 0 Å². The molecule has 0 aliphatic rings. The van der Waals surface area contributed by atoms with Gasteiger partial charge in [-0.15, -0.1) is 0 Å². The highest BCUT2D eigenvalue weighted by Crippen LogP contribution is 2.17. The van der Waals surface area contributed by atoms with Crippen LogP contribution in [-0.4, -0.2) is 41.8 Å². The molecule has 0 aliphatic carbocycles. The maximum Gasteiger partial charge on any atom is 0.326 e. The number of rotatable bonds is 8. The molecular weight excluding hydrogens is 262 g/mol. The third kappa shape index (κ3) is 5.27. The molecule has 1 aromatic carbocycles. The molecule has 0 bridgehead atoms. The first-order valence-corrected chi connectivity index (χ1v) is 6.32. The van der Waals surface area contributed by atoms with Crippen LogP contribution in [0.3, 0.4) is 0 Å². The number of aliphatic carboxylic acids is 1. The molecular formula is C14H19NO5. The molecule has 1 amide bonds. The van der Waals surface area contributed by atoms with E-state index in [1.165, 1.54) is 7.11 Å². The van der Waals surface area contributed by atoms with Crippen molar-refractivity contribution >= 4 is 11.9 Å². The Labute approximate surface area is 117 Å². The Balaban J connectivity index is 2.46. The minimum atomic E-state index is -1.09. The summed E-state index contributed by atoms with van der Waals surface area (Å²) in [5, 5.41) is 21.0. The lowest BCUT2D eigenvalue weighted by Crippen LogP contribution is -2.41. The molecule has 1 aromatic rings. The first-order valence-electron chi connectivity index (χ1n) is 6.32. The third-order valence-corrected chi connectivity index (χ3v) is 2.86. The molecule has 0 saturated heterocycles. The van der Waals surface area contributed by atoms with Crippen molar-refractivity contribution in [2.45, 2.75) is 25.3 Å². The summed E-state index contributed by atoms with van der Waals surface area (Å²) >= 11 is 0. The predicted molar refractivity (Wildman–Crippen MR) is 72.5 cm³/mol. The van der Waals surface area contributed by atoms with Crippen molar-refractivity contribution in [3.63, 3.8) is 0 Å². The Bertz CT molecular complexity index is 461. The molecule has 0 radical (unpaired) electrons. The summed E-state index contributed by atoms with van der Waals surface area (Å²) in [6.45, 7) is 0.261. The van der Waals surface area contributed by atoms with Crippen molar-refractivity contribution in [1.82, 2.24) is 5.32 Å². The van der Waals surface area contributed by atoms with Gasteiger partial charge in [-0.1, -0.05) is 18.2 Å². The van der Waals surface area contributed by atoms with Gasteiger partial charge in [-0.05, 0) is 18.1 Å². The zero-order valence-corrected chi connectivity index (χ0v) is 11.3. The first kappa shape index (κ1) is 16.0. The highest BCUT2D eigenvalue weighted by atomic mass is 16.5. The SMILES string of the molecule is COCCC(NC(=O)CCc1ccccc1O)C(=O)O. The quantitative estimate of drug-likeness (QED) is 0.659. The second-order valence-corrected chi connectivity index (χ2v) is 4.37. The number of hydrogen-bond donors (Lipinski definition) is 3. The number of phenols is 1. The van der Waals surface area contributed by atoms with E-state index in [2.05, 4.69) is 5.32 Å². The number of hydrogen-bond acceptors (Lipinski definition) is 4. The fraction of sp³-hybridized carbons (Fsp3) is 0.429. The van der Waals surface area contributed by atoms with Gasteiger partial charge in [-0.25, -0.2) is 4.79 Å². The number of aromatic hydroxyl groups is 1. The van der Waals surface area contributed by atoms with Crippen molar-refractivity contribution in [3.8, 4) is 5.75 Å². The molecule has 0 aromatic heterocycles. The van der Waals surface area contributed by atoms with Crippen LogP contribution in [0.4, 0.5) is 0 Å². The molecule has 1 unspecified atom stereocenters. The predicted octanol–water partition coefficient (Wildman–Crippen LogP) is 0.931. The molecule has 6 nitrogen and oxygen atoms in total. The molecule has 20 heavy (non-hydrogen) atoms. The van der Waals surface area contributed by atoms with Crippen LogP contribution in [-0.2, 0) is 20.7 Å². The average Bonchev–Trinajstić information content (AvgIpc) is 2.42. The van der Waals surface area contributed by atoms with Gasteiger partial charge in [0.2, 0.25) is 5.91 Å². The molecule has 0 saturated carbocycles. The lowest BCUT2D eigenvalue weighted by molar-refractivity contribution is -0.142. The number of carboxylic acids is 1. The van der Waals surface area contributed by atoms with E-state index in [4.69, 9.17) is 9.84 Å². The molecule has 0 fully saturated rings. The van der Waals surface area contributed by atoms with Crippen LogP contribution in [0.25, 0.3) is 0 Å². The van der Waals surface area contributed by atoms with Crippen LogP contribution in [0.5, 0.6) is 5.75 Å². The van der Waals surface area contributed by atoms with Gasteiger partial charge in [0.1, 0.15) is 11.8 Å². The number of ether oxygens (including phenoxy) is 1. The van der Waals surface area contributed by atoms with Gasteiger partial charge in [-0.2, -0.15) is 0 Å². The monoisotopic (exact) mass is 281 g/mol. The van der Waals surface area contributed by atoms with Gasteiger partial charge in [0.15, 0.2) is 0 Å². The van der Waals surface area contributed by atoms with E-state index >= 15 is 0 Å². The molecule has 110 valence electrons. The van der Waals surface area contributed by atoms with Crippen LogP contribution < -0.4 is 5.32 Å². The van der Waals surface area contributed by atoms with Crippen LogP contribution in [0.15, 0.2) is 24.3 Å². The molecule has 6 heteroatoms. The second kappa shape index (κ2) is 8.16. The van der Waals surface area contributed by atoms with Crippen LogP contribution in [0, 0.1) is 0 Å². The average molecular weight is 281 g/mol. The number of phenolic OH excluding ortho intramolecular Hbond substituents is 1. The van der Waals surface area contributed by atoms with Crippen molar-refractivity contribution in [3.05, 3.63) is 29.8 Å². The van der Waals surface area contributed by atoms with E-state index in [1.54, 1.807) is 24.3 Å². The number of carboxylic acid groups (broad SMARTS) is 1. The van der Waals surface area contributed by atoms with Gasteiger partial charge in [0.05, 0.1) is 0 Å². The summed E-state index contributed by atoms with van der Waals surface area (Å²) in [6.07, 6.45) is 0.692. The fourth-order valence-corrected chi connectivity index (χ4v) is 1.73. The molecule has 1 rings (SSSR count). The number of amides is 1. The number of nitrogens with one attached hydrogen (secondary N) is 1. The highest BCUT2D eigenvalue weighted by molar-refractivity contribution is 5.83. The Morgan fingerprint density at radius 1 is 1.35 bits per heavy atom. The number of aryl methyl sites for hydroxylation is 1. The van der Waals surface area contributed by atoms with E-state index in [0.717, 1.165) is 0 Å². The zero-order chi connectivity index (χ0) is 15.0. The topological polar surface area (TPSA) is 95.9 Å². The Morgan fingerprint density at radius 2 is 2.05 bits per heavy atom. The maximum absolute atomic E-state index is 11.7. The summed E-state index contributed by atoms with van der Waals surface area (Å²) in [5.41, 5.74) is 0.659. The summed E-state index contributed by atoms with van der Waals surface area (Å²) < 4.78 is 4.80. The van der Waals surface area contributed by atoms with E-state index in [1.807, 2.05) is 0 Å². The number of benzene rings is 1. The van der Waals surface area contributed by atoms with Gasteiger partial charge in [0.25, 0.3) is 0 Å².